The molecule has 1 N–H and O–H groups in total. The number of halogens is 2. The number of nitrogens with zero attached hydrogens (tertiary/aromatic N) is 1. The van der Waals surface area contributed by atoms with Crippen LogP contribution >= 0.6 is 23.2 Å². The molecule has 1 aromatic heterocycles. The quantitative estimate of drug-likeness (QED) is 0.546. The maximum atomic E-state index is 11.9. The van der Waals surface area contributed by atoms with Crippen molar-refractivity contribution in [2.24, 2.45) is 0 Å². The minimum atomic E-state index is -3.63. The van der Waals surface area contributed by atoms with E-state index in [2.05, 4.69) is 9.71 Å². The van der Waals surface area contributed by atoms with Gasteiger partial charge in [0.25, 0.3) is 0 Å². The molecule has 6 nitrogen and oxygen atoms in total. The summed E-state index contributed by atoms with van der Waals surface area (Å²) in [5.74, 6) is 0. The van der Waals surface area contributed by atoms with Crippen LogP contribution in [0.2, 0.25) is 10.2 Å². The Kier molecular flexibility index (Phi) is 7.71. The van der Waals surface area contributed by atoms with Crippen molar-refractivity contribution in [3.05, 3.63) is 22.4 Å². The van der Waals surface area contributed by atoms with E-state index in [1.807, 2.05) is 0 Å². The standard InChI is InChI=1S/C11H16Cl2N2O4S/c1-18-5-6-19-4-2-3-15-20(16,17)9-7-10(12)11(13)14-8-9/h7-8,15H,2-6H2,1H3. The largest absolute Gasteiger partial charge is 0.382 e. The van der Waals surface area contributed by atoms with Crippen LogP contribution < -0.4 is 4.72 Å². The third kappa shape index (κ3) is 5.90. The van der Waals surface area contributed by atoms with Gasteiger partial charge in [0.05, 0.1) is 18.2 Å². The van der Waals surface area contributed by atoms with Crippen molar-refractivity contribution in [1.82, 2.24) is 9.71 Å². The first-order chi connectivity index (χ1) is 9.47. The Morgan fingerprint density at radius 1 is 1.30 bits per heavy atom. The van der Waals surface area contributed by atoms with Crippen LogP contribution in [0.3, 0.4) is 0 Å². The van der Waals surface area contributed by atoms with Gasteiger partial charge in [-0.25, -0.2) is 18.1 Å². The minimum absolute atomic E-state index is 0.0211. The van der Waals surface area contributed by atoms with E-state index in [-0.39, 0.29) is 21.6 Å². The van der Waals surface area contributed by atoms with E-state index in [1.165, 1.54) is 6.07 Å². The van der Waals surface area contributed by atoms with Crippen molar-refractivity contribution < 1.29 is 17.9 Å². The lowest BCUT2D eigenvalue weighted by Crippen LogP contribution is -2.25. The normalized spacial score (nSPS) is 11.8. The number of ether oxygens (including phenoxy) is 2. The van der Waals surface area contributed by atoms with Crippen molar-refractivity contribution in [1.29, 1.82) is 0 Å². The third-order valence-electron chi connectivity index (χ3n) is 2.27. The molecule has 0 amide bonds. The molecule has 0 radical (unpaired) electrons. The van der Waals surface area contributed by atoms with Gasteiger partial charge in [-0.05, 0) is 12.5 Å². The second-order valence-electron chi connectivity index (χ2n) is 3.80. The highest BCUT2D eigenvalue weighted by Gasteiger charge is 2.15. The van der Waals surface area contributed by atoms with Gasteiger partial charge in [0.1, 0.15) is 10.0 Å². The lowest BCUT2D eigenvalue weighted by molar-refractivity contribution is 0.0699. The van der Waals surface area contributed by atoms with Crippen molar-refractivity contribution >= 4 is 33.2 Å². The minimum Gasteiger partial charge on any atom is -0.382 e. The molecule has 114 valence electrons. The number of methoxy groups -OCH3 is 1. The van der Waals surface area contributed by atoms with Crippen LogP contribution in [0.25, 0.3) is 0 Å². The predicted molar refractivity (Wildman–Crippen MR) is 76.8 cm³/mol. The summed E-state index contributed by atoms with van der Waals surface area (Å²) in [7, 11) is -2.05. The van der Waals surface area contributed by atoms with Gasteiger partial charge in [0.15, 0.2) is 0 Å². The van der Waals surface area contributed by atoms with Gasteiger partial charge in [-0.1, -0.05) is 23.2 Å². The summed E-state index contributed by atoms with van der Waals surface area (Å²) in [6.45, 7) is 1.71. The Morgan fingerprint density at radius 3 is 2.70 bits per heavy atom. The lowest BCUT2D eigenvalue weighted by Gasteiger charge is -2.07. The number of aromatic nitrogens is 1. The van der Waals surface area contributed by atoms with Gasteiger partial charge in [-0.3, -0.25) is 0 Å². The van der Waals surface area contributed by atoms with Crippen LogP contribution in [-0.2, 0) is 19.5 Å². The zero-order valence-electron chi connectivity index (χ0n) is 10.9. The molecule has 9 heteroatoms. The number of sulfonamides is 1. The van der Waals surface area contributed by atoms with Crippen LogP contribution in [0.15, 0.2) is 17.2 Å². The molecule has 0 aliphatic heterocycles. The summed E-state index contributed by atoms with van der Waals surface area (Å²) >= 11 is 11.4. The van der Waals surface area contributed by atoms with Gasteiger partial charge in [0, 0.05) is 26.5 Å². The maximum Gasteiger partial charge on any atom is 0.242 e. The molecule has 20 heavy (non-hydrogen) atoms. The molecular weight excluding hydrogens is 327 g/mol. The second-order valence-corrected chi connectivity index (χ2v) is 6.33. The maximum absolute atomic E-state index is 11.9. The molecule has 0 atom stereocenters. The summed E-state index contributed by atoms with van der Waals surface area (Å²) in [4.78, 5) is 3.68. The molecule has 1 rings (SSSR count). The summed E-state index contributed by atoms with van der Waals surface area (Å²) < 4.78 is 36.3. The van der Waals surface area contributed by atoms with E-state index < -0.39 is 10.0 Å². The molecule has 0 bridgehead atoms. The first-order valence-corrected chi connectivity index (χ1v) is 8.08. The van der Waals surface area contributed by atoms with Gasteiger partial charge in [-0.2, -0.15) is 0 Å². The number of nitrogens with one attached hydrogen (secondary N) is 1. The Hall–Kier alpha value is -0.440. The van der Waals surface area contributed by atoms with Crippen molar-refractivity contribution in [3.63, 3.8) is 0 Å². The number of pyridine rings is 1. The molecule has 0 aromatic carbocycles. The van der Waals surface area contributed by atoms with Crippen LogP contribution in [-0.4, -0.2) is 46.9 Å². The molecule has 0 saturated heterocycles. The topological polar surface area (TPSA) is 77.5 Å². The molecule has 0 aliphatic rings. The fourth-order valence-electron chi connectivity index (χ4n) is 1.26. The second kappa shape index (κ2) is 8.76. The van der Waals surface area contributed by atoms with E-state index >= 15 is 0 Å². The number of hydrogen-bond donors (Lipinski definition) is 1. The van der Waals surface area contributed by atoms with E-state index in [9.17, 15) is 8.42 Å². The van der Waals surface area contributed by atoms with E-state index in [0.29, 0.717) is 26.2 Å². The fraction of sp³-hybridized carbons (Fsp3) is 0.545. The molecule has 0 spiro atoms. The lowest BCUT2D eigenvalue weighted by atomic mass is 10.5. The summed E-state index contributed by atoms with van der Waals surface area (Å²) in [6.07, 6.45) is 1.71. The Morgan fingerprint density at radius 2 is 2.05 bits per heavy atom. The average Bonchev–Trinajstić information content (AvgIpc) is 2.40. The summed E-state index contributed by atoms with van der Waals surface area (Å²) in [5.41, 5.74) is 0. The van der Waals surface area contributed by atoms with Crippen LogP contribution in [0.1, 0.15) is 6.42 Å². The van der Waals surface area contributed by atoms with Crippen LogP contribution in [0, 0.1) is 0 Å². The predicted octanol–water partition coefficient (Wildman–Crippen LogP) is 1.72. The smallest absolute Gasteiger partial charge is 0.242 e. The van der Waals surface area contributed by atoms with Crippen molar-refractivity contribution in [2.75, 3.05) is 33.5 Å². The Bertz CT molecular complexity index is 525. The van der Waals surface area contributed by atoms with E-state index in [4.69, 9.17) is 32.7 Å². The first kappa shape index (κ1) is 17.6. The molecule has 0 unspecified atom stereocenters. The highest BCUT2D eigenvalue weighted by Crippen LogP contribution is 2.21. The van der Waals surface area contributed by atoms with Crippen LogP contribution in [0.5, 0.6) is 0 Å². The van der Waals surface area contributed by atoms with Gasteiger partial charge >= 0.3 is 0 Å². The Labute approximate surface area is 128 Å². The van der Waals surface area contributed by atoms with Crippen molar-refractivity contribution in [2.45, 2.75) is 11.3 Å². The zero-order valence-corrected chi connectivity index (χ0v) is 13.3. The molecule has 0 aliphatic carbocycles. The highest BCUT2D eigenvalue weighted by atomic mass is 35.5. The molecule has 1 aromatic rings. The van der Waals surface area contributed by atoms with E-state index in [1.54, 1.807) is 7.11 Å². The molecule has 1 heterocycles. The average molecular weight is 343 g/mol. The SMILES string of the molecule is COCCOCCCNS(=O)(=O)c1cnc(Cl)c(Cl)c1. The highest BCUT2D eigenvalue weighted by molar-refractivity contribution is 7.89. The van der Waals surface area contributed by atoms with Gasteiger partial charge < -0.3 is 9.47 Å². The summed E-state index contributed by atoms with van der Waals surface area (Å²) in [6, 6.07) is 1.26. The van der Waals surface area contributed by atoms with Gasteiger partial charge in [-0.15, -0.1) is 0 Å². The summed E-state index contributed by atoms with van der Waals surface area (Å²) in [5, 5.41) is 0.162. The van der Waals surface area contributed by atoms with Gasteiger partial charge in [0.2, 0.25) is 10.0 Å². The van der Waals surface area contributed by atoms with E-state index in [0.717, 1.165) is 6.20 Å². The number of rotatable bonds is 9. The van der Waals surface area contributed by atoms with Crippen molar-refractivity contribution in [3.8, 4) is 0 Å². The zero-order chi connectivity index (χ0) is 15.0. The fourth-order valence-corrected chi connectivity index (χ4v) is 2.64. The van der Waals surface area contributed by atoms with Crippen LogP contribution in [0.4, 0.5) is 0 Å². The molecule has 0 saturated carbocycles. The third-order valence-corrected chi connectivity index (χ3v) is 4.38. The monoisotopic (exact) mass is 342 g/mol. The number of hydrogen-bond acceptors (Lipinski definition) is 5. The molecule has 0 fully saturated rings. The Balaban J connectivity index is 2.40. The first-order valence-electron chi connectivity index (χ1n) is 5.85. The molecular formula is C11H16Cl2N2O4S.